The van der Waals surface area contributed by atoms with Gasteiger partial charge >= 0.3 is 0 Å². The maximum atomic E-state index is 13.8. The van der Waals surface area contributed by atoms with Crippen LogP contribution in [0.3, 0.4) is 0 Å². The molecule has 2 amide bonds. The zero-order valence-corrected chi connectivity index (χ0v) is 23.9. The van der Waals surface area contributed by atoms with Gasteiger partial charge in [0.05, 0.1) is 10.6 Å². The molecule has 0 aliphatic rings. The van der Waals surface area contributed by atoms with Crippen molar-refractivity contribution in [1.29, 1.82) is 0 Å². The van der Waals surface area contributed by atoms with Gasteiger partial charge in [-0.1, -0.05) is 60.1 Å². The monoisotopic (exact) mass is 603 g/mol. The molecule has 0 saturated heterocycles. The quantitative estimate of drug-likeness (QED) is 0.335. The third-order valence-electron chi connectivity index (χ3n) is 5.84. The smallest absolute Gasteiger partial charge is 0.264 e. The first kappa shape index (κ1) is 29.3. The number of carbonyl (C=O) groups is 2. The Morgan fingerprint density at radius 2 is 1.53 bits per heavy atom. The number of para-hydroxylation sites is 1. The van der Waals surface area contributed by atoms with Crippen LogP contribution in [0.15, 0.2) is 88.2 Å². The fourth-order valence-corrected chi connectivity index (χ4v) is 5.36. The van der Waals surface area contributed by atoms with E-state index in [1.54, 1.807) is 37.3 Å². The number of sulfonamides is 1. The van der Waals surface area contributed by atoms with E-state index in [4.69, 9.17) is 0 Å². The van der Waals surface area contributed by atoms with Crippen LogP contribution in [0.4, 0.5) is 10.1 Å². The van der Waals surface area contributed by atoms with E-state index < -0.39 is 34.3 Å². The Morgan fingerprint density at radius 3 is 2.11 bits per heavy atom. The second-order valence-corrected chi connectivity index (χ2v) is 12.0. The summed E-state index contributed by atoms with van der Waals surface area (Å²) in [6.45, 7) is 5.54. The first-order valence-electron chi connectivity index (χ1n) is 12.1. The number of nitrogens with one attached hydrogen (secondary N) is 1. The third kappa shape index (κ3) is 7.64. The number of nitrogens with zero attached hydrogens (tertiary/aromatic N) is 2. The number of halogens is 2. The van der Waals surface area contributed by atoms with Crippen LogP contribution >= 0.6 is 15.9 Å². The van der Waals surface area contributed by atoms with Crippen molar-refractivity contribution in [3.05, 3.63) is 94.7 Å². The lowest BCUT2D eigenvalue weighted by atomic mass is 10.1. The van der Waals surface area contributed by atoms with E-state index in [1.807, 2.05) is 38.1 Å². The van der Waals surface area contributed by atoms with Crippen molar-refractivity contribution < 1.29 is 22.4 Å². The highest BCUT2D eigenvalue weighted by atomic mass is 79.9. The molecule has 3 aromatic carbocycles. The lowest BCUT2D eigenvalue weighted by molar-refractivity contribution is -0.139. The van der Waals surface area contributed by atoms with Crippen molar-refractivity contribution >= 4 is 43.5 Å². The van der Waals surface area contributed by atoms with Gasteiger partial charge in [-0.05, 0) is 66.9 Å². The lowest BCUT2D eigenvalue weighted by Crippen LogP contribution is -2.51. The Labute approximate surface area is 231 Å². The molecule has 0 spiro atoms. The normalized spacial score (nSPS) is 12.2. The summed E-state index contributed by atoms with van der Waals surface area (Å²) in [6.07, 6.45) is 0. The summed E-state index contributed by atoms with van der Waals surface area (Å²) in [5.41, 5.74) is 1.04. The minimum atomic E-state index is -4.23. The number of carbonyl (C=O) groups excluding carboxylic acids is 2. The summed E-state index contributed by atoms with van der Waals surface area (Å²) in [5.74, 6) is -1.25. The Bertz CT molecular complexity index is 1330. The van der Waals surface area contributed by atoms with E-state index in [0.29, 0.717) is 6.54 Å². The first-order valence-corrected chi connectivity index (χ1v) is 14.4. The second kappa shape index (κ2) is 13.0. The minimum Gasteiger partial charge on any atom is -0.354 e. The van der Waals surface area contributed by atoms with Gasteiger partial charge in [0.15, 0.2) is 0 Å². The second-order valence-electron chi connectivity index (χ2n) is 9.26. The summed E-state index contributed by atoms with van der Waals surface area (Å²) >= 11 is 3.39. The van der Waals surface area contributed by atoms with E-state index in [2.05, 4.69) is 21.2 Å². The number of hydrogen-bond acceptors (Lipinski definition) is 4. The zero-order chi connectivity index (χ0) is 27.9. The maximum absolute atomic E-state index is 13.8. The van der Waals surface area contributed by atoms with Gasteiger partial charge < -0.3 is 10.2 Å². The van der Waals surface area contributed by atoms with Gasteiger partial charge in [0.1, 0.15) is 18.4 Å². The van der Waals surface area contributed by atoms with E-state index in [9.17, 15) is 22.4 Å². The largest absolute Gasteiger partial charge is 0.354 e. The van der Waals surface area contributed by atoms with Crippen molar-refractivity contribution in [2.24, 2.45) is 5.92 Å². The molecule has 1 N–H and O–H groups in total. The van der Waals surface area contributed by atoms with Crippen molar-refractivity contribution in [2.45, 2.75) is 38.3 Å². The molecular formula is C28H31BrFN3O4S. The van der Waals surface area contributed by atoms with Gasteiger partial charge in [0, 0.05) is 17.6 Å². The molecule has 0 radical (unpaired) electrons. The standard InChI is InChI=1S/C28H31BrFN3O4S/c1-20(2)17-31-28(35)21(3)32(18-22-9-11-23(29)12-10-22)27(34)19-33(25-7-5-4-6-8-25)38(36,37)26-15-13-24(30)14-16-26/h4-16,20-21H,17-19H2,1-3H3,(H,31,35). The highest BCUT2D eigenvalue weighted by molar-refractivity contribution is 9.10. The minimum absolute atomic E-state index is 0.0988. The number of hydrogen-bond donors (Lipinski definition) is 1. The van der Waals surface area contributed by atoms with Crippen LogP contribution in [0.2, 0.25) is 0 Å². The molecule has 202 valence electrons. The van der Waals surface area contributed by atoms with Crippen LogP contribution in [0, 0.1) is 11.7 Å². The van der Waals surface area contributed by atoms with Crippen LogP contribution in [0.1, 0.15) is 26.3 Å². The molecule has 10 heteroatoms. The van der Waals surface area contributed by atoms with Crippen molar-refractivity contribution in [3.8, 4) is 0 Å². The number of amides is 2. The Morgan fingerprint density at radius 1 is 0.921 bits per heavy atom. The Balaban J connectivity index is 1.97. The Kier molecular flexibility index (Phi) is 10.0. The average molecular weight is 605 g/mol. The highest BCUT2D eigenvalue weighted by Gasteiger charge is 2.32. The van der Waals surface area contributed by atoms with E-state index in [1.165, 1.54) is 4.90 Å². The molecular weight excluding hydrogens is 573 g/mol. The molecule has 0 saturated carbocycles. The van der Waals surface area contributed by atoms with Gasteiger partial charge in [-0.2, -0.15) is 0 Å². The van der Waals surface area contributed by atoms with Crippen LogP contribution in [0.5, 0.6) is 0 Å². The molecule has 0 aliphatic heterocycles. The predicted molar refractivity (Wildman–Crippen MR) is 149 cm³/mol. The van der Waals surface area contributed by atoms with E-state index in [-0.39, 0.29) is 29.0 Å². The number of benzene rings is 3. The fourth-order valence-electron chi connectivity index (χ4n) is 3.68. The highest BCUT2D eigenvalue weighted by Crippen LogP contribution is 2.25. The molecule has 0 aliphatic carbocycles. The van der Waals surface area contributed by atoms with Gasteiger partial charge in [-0.25, -0.2) is 12.8 Å². The summed E-state index contributed by atoms with van der Waals surface area (Å²) in [6, 6.07) is 19.1. The third-order valence-corrected chi connectivity index (χ3v) is 8.16. The summed E-state index contributed by atoms with van der Waals surface area (Å²) in [4.78, 5) is 28.0. The lowest BCUT2D eigenvalue weighted by Gasteiger charge is -2.32. The van der Waals surface area contributed by atoms with Crippen LogP contribution in [0.25, 0.3) is 0 Å². The predicted octanol–water partition coefficient (Wildman–Crippen LogP) is 4.97. The van der Waals surface area contributed by atoms with E-state index in [0.717, 1.165) is 38.6 Å². The van der Waals surface area contributed by atoms with Gasteiger partial charge in [0.25, 0.3) is 10.0 Å². The maximum Gasteiger partial charge on any atom is 0.264 e. The van der Waals surface area contributed by atoms with Crippen molar-refractivity contribution in [1.82, 2.24) is 10.2 Å². The average Bonchev–Trinajstić information content (AvgIpc) is 2.90. The van der Waals surface area contributed by atoms with Crippen LogP contribution in [-0.4, -0.2) is 44.3 Å². The molecule has 38 heavy (non-hydrogen) atoms. The molecule has 0 bridgehead atoms. The van der Waals surface area contributed by atoms with Crippen LogP contribution in [-0.2, 0) is 26.2 Å². The van der Waals surface area contributed by atoms with Gasteiger partial charge in [-0.3, -0.25) is 13.9 Å². The molecule has 1 unspecified atom stereocenters. The van der Waals surface area contributed by atoms with Gasteiger partial charge in [0.2, 0.25) is 11.8 Å². The SMILES string of the molecule is CC(C)CNC(=O)C(C)N(Cc1ccc(Br)cc1)C(=O)CN(c1ccccc1)S(=O)(=O)c1ccc(F)cc1. The number of rotatable bonds is 11. The first-order chi connectivity index (χ1) is 18.0. The van der Waals surface area contributed by atoms with Crippen LogP contribution < -0.4 is 9.62 Å². The Hall–Kier alpha value is -3.24. The molecule has 0 fully saturated rings. The molecule has 0 heterocycles. The molecule has 1 atom stereocenters. The zero-order valence-electron chi connectivity index (χ0n) is 21.5. The number of anilines is 1. The van der Waals surface area contributed by atoms with Crippen molar-refractivity contribution in [2.75, 3.05) is 17.4 Å². The molecule has 7 nitrogen and oxygen atoms in total. The van der Waals surface area contributed by atoms with Gasteiger partial charge in [-0.15, -0.1) is 0 Å². The topological polar surface area (TPSA) is 86.8 Å². The summed E-state index contributed by atoms with van der Waals surface area (Å²) in [5, 5.41) is 2.85. The molecule has 0 aromatic heterocycles. The van der Waals surface area contributed by atoms with Crippen molar-refractivity contribution in [3.63, 3.8) is 0 Å². The fraction of sp³-hybridized carbons (Fsp3) is 0.286. The summed E-state index contributed by atoms with van der Waals surface area (Å²) < 4.78 is 42.6. The summed E-state index contributed by atoms with van der Waals surface area (Å²) in [7, 11) is -4.23. The molecule has 3 aromatic rings. The van der Waals surface area contributed by atoms with E-state index >= 15 is 0 Å². The molecule has 3 rings (SSSR count).